The molecule has 1 heterocycles. The Morgan fingerprint density at radius 2 is 2.14 bits per heavy atom. The standard InChI is InChI=1S/C15H28N2O4/c1-4-20-15(19)13(9-11-6-5-7-21-11)17-14(18)12(16)8-10(2)3/h10-13H,4-9,16H2,1-3H3,(H,17,18). The molecule has 1 fully saturated rings. The van der Waals surface area contributed by atoms with Crippen LogP contribution in [0, 0.1) is 5.92 Å². The van der Waals surface area contributed by atoms with E-state index in [2.05, 4.69) is 5.32 Å². The van der Waals surface area contributed by atoms with Crippen molar-refractivity contribution in [2.75, 3.05) is 13.2 Å². The van der Waals surface area contributed by atoms with Crippen molar-refractivity contribution in [2.45, 2.75) is 64.6 Å². The Morgan fingerprint density at radius 1 is 1.43 bits per heavy atom. The van der Waals surface area contributed by atoms with Gasteiger partial charge < -0.3 is 20.5 Å². The lowest BCUT2D eigenvalue weighted by Gasteiger charge is -2.22. The number of rotatable bonds is 8. The fourth-order valence-corrected chi connectivity index (χ4v) is 2.44. The number of amides is 1. The highest BCUT2D eigenvalue weighted by Crippen LogP contribution is 2.17. The lowest BCUT2D eigenvalue weighted by Crippen LogP contribution is -2.50. The van der Waals surface area contributed by atoms with Crippen molar-refractivity contribution in [1.29, 1.82) is 0 Å². The molecule has 1 rings (SSSR count). The van der Waals surface area contributed by atoms with Gasteiger partial charge in [-0.2, -0.15) is 0 Å². The van der Waals surface area contributed by atoms with E-state index in [1.165, 1.54) is 0 Å². The molecule has 0 aromatic heterocycles. The average Bonchev–Trinajstić information content (AvgIpc) is 2.90. The smallest absolute Gasteiger partial charge is 0.328 e. The number of esters is 1. The van der Waals surface area contributed by atoms with E-state index < -0.39 is 18.1 Å². The summed E-state index contributed by atoms with van der Waals surface area (Å²) in [7, 11) is 0. The van der Waals surface area contributed by atoms with Gasteiger partial charge >= 0.3 is 5.97 Å². The third-order valence-electron chi connectivity index (χ3n) is 3.47. The highest BCUT2D eigenvalue weighted by molar-refractivity contribution is 5.87. The monoisotopic (exact) mass is 300 g/mol. The summed E-state index contributed by atoms with van der Waals surface area (Å²) in [4.78, 5) is 24.1. The van der Waals surface area contributed by atoms with Crippen LogP contribution in [0.15, 0.2) is 0 Å². The van der Waals surface area contributed by atoms with Crippen molar-refractivity contribution in [2.24, 2.45) is 11.7 Å². The second kappa shape index (κ2) is 9.00. The third kappa shape index (κ3) is 6.44. The van der Waals surface area contributed by atoms with Crippen LogP contribution in [0.5, 0.6) is 0 Å². The Kier molecular flexibility index (Phi) is 7.67. The largest absolute Gasteiger partial charge is 0.464 e. The molecule has 1 saturated heterocycles. The summed E-state index contributed by atoms with van der Waals surface area (Å²) in [5, 5.41) is 2.72. The van der Waals surface area contributed by atoms with Gasteiger partial charge in [-0.3, -0.25) is 4.79 Å². The molecule has 0 bridgehead atoms. The predicted octanol–water partition coefficient (Wildman–Crippen LogP) is 0.977. The maximum Gasteiger partial charge on any atom is 0.328 e. The highest BCUT2D eigenvalue weighted by atomic mass is 16.5. The first-order valence-corrected chi connectivity index (χ1v) is 7.78. The first-order chi connectivity index (χ1) is 9.93. The maximum atomic E-state index is 12.1. The van der Waals surface area contributed by atoms with E-state index in [1.54, 1.807) is 6.92 Å². The SMILES string of the molecule is CCOC(=O)C(CC1CCCO1)NC(=O)C(N)CC(C)C. The van der Waals surface area contributed by atoms with E-state index >= 15 is 0 Å². The van der Waals surface area contributed by atoms with Crippen molar-refractivity contribution in [3.8, 4) is 0 Å². The number of nitrogens with one attached hydrogen (secondary N) is 1. The lowest BCUT2D eigenvalue weighted by atomic mass is 10.0. The van der Waals surface area contributed by atoms with E-state index in [0.29, 0.717) is 25.4 Å². The molecule has 6 nitrogen and oxygen atoms in total. The topological polar surface area (TPSA) is 90.6 Å². The summed E-state index contributed by atoms with van der Waals surface area (Å²) in [5.41, 5.74) is 5.85. The van der Waals surface area contributed by atoms with Gasteiger partial charge in [0.1, 0.15) is 6.04 Å². The second-order valence-corrected chi connectivity index (χ2v) is 5.92. The molecule has 122 valence electrons. The zero-order valence-electron chi connectivity index (χ0n) is 13.3. The van der Waals surface area contributed by atoms with Gasteiger partial charge in [-0.25, -0.2) is 4.79 Å². The molecular formula is C15H28N2O4. The van der Waals surface area contributed by atoms with E-state index in [-0.39, 0.29) is 18.6 Å². The molecule has 3 unspecified atom stereocenters. The van der Waals surface area contributed by atoms with Crippen LogP contribution in [0.1, 0.15) is 46.5 Å². The Hall–Kier alpha value is -1.14. The lowest BCUT2D eigenvalue weighted by molar-refractivity contribution is -0.148. The normalized spacial score (nSPS) is 21.1. The molecule has 1 amide bonds. The number of hydrogen-bond acceptors (Lipinski definition) is 5. The molecular weight excluding hydrogens is 272 g/mol. The van der Waals surface area contributed by atoms with Crippen molar-refractivity contribution < 1.29 is 19.1 Å². The molecule has 0 aliphatic carbocycles. The predicted molar refractivity (Wildman–Crippen MR) is 79.6 cm³/mol. The van der Waals surface area contributed by atoms with E-state index in [4.69, 9.17) is 15.2 Å². The van der Waals surface area contributed by atoms with Gasteiger partial charge in [0.15, 0.2) is 0 Å². The summed E-state index contributed by atoms with van der Waals surface area (Å²) in [6, 6.07) is -1.29. The number of carbonyl (C=O) groups excluding carboxylic acids is 2. The summed E-state index contributed by atoms with van der Waals surface area (Å²) in [5.74, 6) is -0.400. The molecule has 0 radical (unpaired) electrons. The first kappa shape index (κ1) is 17.9. The Morgan fingerprint density at radius 3 is 2.67 bits per heavy atom. The van der Waals surface area contributed by atoms with Crippen molar-refractivity contribution in [3.05, 3.63) is 0 Å². The van der Waals surface area contributed by atoms with Gasteiger partial charge in [0, 0.05) is 13.0 Å². The third-order valence-corrected chi connectivity index (χ3v) is 3.47. The van der Waals surface area contributed by atoms with Crippen molar-refractivity contribution >= 4 is 11.9 Å². The van der Waals surface area contributed by atoms with E-state index in [1.807, 2.05) is 13.8 Å². The summed E-state index contributed by atoms with van der Waals surface area (Å²) in [6.45, 7) is 6.74. The summed E-state index contributed by atoms with van der Waals surface area (Å²) >= 11 is 0. The summed E-state index contributed by atoms with van der Waals surface area (Å²) < 4.78 is 10.6. The van der Waals surface area contributed by atoms with Crippen LogP contribution in [-0.2, 0) is 19.1 Å². The van der Waals surface area contributed by atoms with Gasteiger partial charge in [0.2, 0.25) is 5.91 Å². The van der Waals surface area contributed by atoms with Gasteiger partial charge in [-0.15, -0.1) is 0 Å². The van der Waals surface area contributed by atoms with E-state index in [9.17, 15) is 9.59 Å². The highest BCUT2D eigenvalue weighted by Gasteiger charge is 2.29. The minimum absolute atomic E-state index is 0.000953. The number of carbonyl (C=O) groups is 2. The molecule has 21 heavy (non-hydrogen) atoms. The Bertz CT molecular complexity index is 341. The van der Waals surface area contributed by atoms with Crippen LogP contribution in [0.2, 0.25) is 0 Å². The van der Waals surface area contributed by atoms with Crippen LogP contribution in [0.4, 0.5) is 0 Å². The zero-order chi connectivity index (χ0) is 15.8. The van der Waals surface area contributed by atoms with Crippen molar-refractivity contribution in [3.63, 3.8) is 0 Å². The molecule has 1 aliphatic rings. The summed E-state index contributed by atoms with van der Waals surface area (Å²) in [6.07, 6.45) is 2.92. The molecule has 3 N–H and O–H groups in total. The van der Waals surface area contributed by atoms with Crippen molar-refractivity contribution in [1.82, 2.24) is 5.32 Å². The van der Waals surface area contributed by atoms with Crippen LogP contribution in [-0.4, -0.2) is 43.3 Å². The Labute approximate surface area is 126 Å². The maximum absolute atomic E-state index is 12.1. The molecule has 6 heteroatoms. The molecule has 0 spiro atoms. The van der Waals surface area contributed by atoms with Gasteiger partial charge in [-0.05, 0) is 32.1 Å². The minimum atomic E-state index is -0.682. The molecule has 3 atom stereocenters. The zero-order valence-corrected chi connectivity index (χ0v) is 13.3. The molecule has 0 aromatic carbocycles. The average molecular weight is 300 g/mol. The first-order valence-electron chi connectivity index (χ1n) is 7.78. The second-order valence-electron chi connectivity index (χ2n) is 5.92. The molecule has 1 aliphatic heterocycles. The Balaban J connectivity index is 2.58. The van der Waals surface area contributed by atoms with Gasteiger partial charge in [-0.1, -0.05) is 13.8 Å². The van der Waals surface area contributed by atoms with Gasteiger partial charge in [0.25, 0.3) is 0 Å². The molecule has 0 aromatic rings. The number of hydrogen-bond donors (Lipinski definition) is 2. The quantitative estimate of drug-likeness (QED) is 0.652. The number of ether oxygens (including phenoxy) is 2. The van der Waals surface area contributed by atoms with Gasteiger partial charge in [0.05, 0.1) is 18.8 Å². The minimum Gasteiger partial charge on any atom is -0.464 e. The van der Waals surface area contributed by atoms with Crippen LogP contribution in [0.25, 0.3) is 0 Å². The molecule has 0 saturated carbocycles. The number of nitrogens with two attached hydrogens (primary N) is 1. The fraction of sp³-hybridized carbons (Fsp3) is 0.867. The van der Waals surface area contributed by atoms with Crippen LogP contribution < -0.4 is 11.1 Å². The van der Waals surface area contributed by atoms with E-state index in [0.717, 1.165) is 12.8 Å². The fourth-order valence-electron chi connectivity index (χ4n) is 2.44. The van der Waals surface area contributed by atoms with Crippen LogP contribution >= 0.6 is 0 Å². The van der Waals surface area contributed by atoms with Crippen LogP contribution in [0.3, 0.4) is 0 Å².